The Hall–Kier alpha value is -1.03. The third-order valence-electron chi connectivity index (χ3n) is 3.47. The minimum Gasteiger partial charge on any atom is -0.313 e. The summed E-state index contributed by atoms with van der Waals surface area (Å²) in [5.41, 5.74) is 3.28. The quantitative estimate of drug-likeness (QED) is 0.910. The molecular formula is C15H19Cl2N3. The van der Waals surface area contributed by atoms with Crippen molar-refractivity contribution in [1.29, 1.82) is 0 Å². The second kappa shape index (κ2) is 6.61. The van der Waals surface area contributed by atoms with Gasteiger partial charge in [-0.05, 0) is 37.6 Å². The van der Waals surface area contributed by atoms with Crippen LogP contribution >= 0.6 is 23.2 Å². The van der Waals surface area contributed by atoms with Crippen LogP contribution in [-0.4, -0.2) is 16.8 Å². The first-order valence-electron chi connectivity index (χ1n) is 6.69. The lowest BCUT2D eigenvalue weighted by Crippen LogP contribution is -2.20. The largest absolute Gasteiger partial charge is 0.313 e. The first-order valence-corrected chi connectivity index (χ1v) is 7.45. The Labute approximate surface area is 129 Å². The van der Waals surface area contributed by atoms with Gasteiger partial charge >= 0.3 is 0 Å². The second-order valence-electron chi connectivity index (χ2n) is 4.80. The topological polar surface area (TPSA) is 29.9 Å². The van der Waals surface area contributed by atoms with Crippen LogP contribution in [0.25, 0.3) is 0 Å². The van der Waals surface area contributed by atoms with E-state index in [4.69, 9.17) is 23.2 Å². The molecular weight excluding hydrogens is 293 g/mol. The minimum absolute atomic E-state index is 0.149. The molecule has 0 spiro atoms. The van der Waals surface area contributed by atoms with Crippen molar-refractivity contribution in [3.63, 3.8) is 0 Å². The third-order valence-corrected chi connectivity index (χ3v) is 4.17. The normalized spacial score (nSPS) is 12.7. The molecule has 5 heteroatoms. The first-order chi connectivity index (χ1) is 9.56. The van der Waals surface area contributed by atoms with Gasteiger partial charge in [-0.1, -0.05) is 36.2 Å². The molecule has 3 nitrogen and oxygen atoms in total. The number of nitrogens with one attached hydrogen (secondary N) is 1. The zero-order valence-corrected chi connectivity index (χ0v) is 13.5. The molecule has 0 aliphatic carbocycles. The molecule has 0 amide bonds. The van der Waals surface area contributed by atoms with E-state index in [9.17, 15) is 0 Å². The summed E-state index contributed by atoms with van der Waals surface area (Å²) in [6, 6.07) is 5.76. The van der Waals surface area contributed by atoms with Crippen LogP contribution in [0.4, 0.5) is 0 Å². The molecule has 0 saturated carbocycles. The lowest BCUT2D eigenvalue weighted by Gasteiger charge is -2.18. The van der Waals surface area contributed by atoms with Gasteiger partial charge in [-0.3, -0.25) is 4.68 Å². The number of nitrogens with zero attached hydrogens (tertiary/aromatic N) is 2. The maximum Gasteiger partial charge on any atom is 0.0669 e. The van der Waals surface area contributed by atoms with Gasteiger partial charge in [-0.15, -0.1) is 0 Å². The molecule has 20 heavy (non-hydrogen) atoms. The molecule has 1 aromatic carbocycles. The minimum atomic E-state index is 0.149. The van der Waals surface area contributed by atoms with E-state index in [-0.39, 0.29) is 6.04 Å². The lowest BCUT2D eigenvalue weighted by molar-refractivity contribution is 0.587. The van der Waals surface area contributed by atoms with Gasteiger partial charge in [0.25, 0.3) is 0 Å². The van der Waals surface area contributed by atoms with Gasteiger partial charge in [0.05, 0.1) is 5.69 Å². The number of likely N-dealkylation sites (N-methyl/N-ethyl adjacent to an activating group) is 1. The highest BCUT2D eigenvalue weighted by Crippen LogP contribution is 2.30. The monoisotopic (exact) mass is 311 g/mol. The number of hydrogen-bond donors (Lipinski definition) is 1. The van der Waals surface area contributed by atoms with E-state index < -0.39 is 0 Å². The van der Waals surface area contributed by atoms with Crippen LogP contribution in [0.3, 0.4) is 0 Å². The maximum atomic E-state index is 6.26. The average molecular weight is 312 g/mol. The second-order valence-corrected chi connectivity index (χ2v) is 5.62. The number of rotatable bonds is 5. The summed E-state index contributed by atoms with van der Waals surface area (Å²) in [6.07, 6.45) is 3.71. The van der Waals surface area contributed by atoms with Crippen LogP contribution in [0.2, 0.25) is 10.0 Å². The molecule has 1 atom stereocenters. The van der Waals surface area contributed by atoms with Crippen molar-refractivity contribution in [3.8, 4) is 0 Å². The molecule has 0 bridgehead atoms. The molecule has 0 radical (unpaired) electrons. The molecule has 1 N–H and O–H groups in total. The summed E-state index contributed by atoms with van der Waals surface area (Å²) in [4.78, 5) is 0. The first kappa shape index (κ1) is 15.4. The van der Waals surface area contributed by atoms with E-state index in [0.717, 1.165) is 24.1 Å². The highest BCUT2D eigenvalue weighted by atomic mass is 35.5. The van der Waals surface area contributed by atoms with Crippen molar-refractivity contribution in [3.05, 3.63) is 51.3 Å². The molecule has 2 aromatic rings. The Morgan fingerprint density at radius 3 is 2.50 bits per heavy atom. The van der Waals surface area contributed by atoms with E-state index in [1.165, 1.54) is 5.56 Å². The van der Waals surface area contributed by atoms with Gasteiger partial charge < -0.3 is 5.32 Å². The van der Waals surface area contributed by atoms with E-state index in [1.807, 2.05) is 37.0 Å². The van der Waals surface area contributed by atoms with Crippen LogP contribution in [0.15, 0.2) is 24.4 Å². The SMILES string of the molecule is CCc1nn(C)cc1C(Cc1c(Cl)cccc1Cl)NC. The number of aryl methyl sites for hydroxylation is 2. The summed E-state index contributed by atoms with van der Waals surface area (Å²) in [6.45, 7) is 2.11. The summed E-state index contributed by atoms with van der Waals surface area (Å²) in [5, 5.41) is 9.25. The molecule has 1 unspecified atom stereocenters. The zero-order valence-electron chi connectivity index (χ0n) is 12.0. The number of aromatic nitrogens is 2. The summed E-state index contributed by atoms with van der Waals surface area (Å²) >= 11 is 12.5. The standard InChI is InChI=1S/C15H19Cl2N3/c1-4-14-11(9-20(3)19-14)15(18-2)8-10-12(16)6-5-7-13(10)17/h5-7,9,15,18H,4,8H2,1-3H3. The predicted octanol–water partition coefficient (Wildman–Crippen LogP) is 3.79. The van der Waals surface area contributed by atoms with Crippen molar-refractivity contribution in [2.24, 2.45) is 7.05 Å². The van der Waals surface area contributed by atoms with E-state index in [1.54, 1.807) is 0 Å². The molecule has 0 fully saturated rings. The van der Waals surface area contributed by atoms with Crippen molar-refractivity contribution in [2.75, 3.05) is 7.05 Å². The number of benzene rings is 1. The molecule has 108 valence electrons. The third kappa shape index (κ3) is 3.17. The van der Waals surface area contributed by atoms with Crippen LogP contribution in [0.5, 0.6) is 0 Å². The Morgan fingerprint density at radius 2 is 1.95 bits per heavy atom. The Balaban J connectivity index is 2.33. The molecule has 1 aromatic heterocycles. The molecule has 2 rings (SSSR count). The highest BCUT2D eigenvalue weighted by Gasteiger charge is 2.19. The molecule has 0 saturated heterocycles. The predicted molar refractivity (Wildman–Crippen MR) is 84.6 cm³/mol. The Morgan fingerprint density at radius 1 is 1.30 bits per heavy atom. The number of hydrogen-bond acceptors (Lipinski definition) is 2. The number of halogens is 2. The van der Waals surface area contributed by atoms with E-state index >= 15 is 0 Å². The van der Waals surface area contributed by atoms with Crippen LogP contribution in [-0.2, 0) is 19.9 Å². The van der Waals surface area contributed by atoms with Crippen LogP contribution in [0, 0.1) is 0 Å². The van der Waals surface area contributed by atoms with Gasteiger partial charge in [0.1, 0.15) is 0 Å². The Kier molecular flexibility index (Phi) is 5.08. The van der Waals surface area contributed by atoms with Crippen LogP contribution < -0.4 is 5.32 Å². The van der Waals surface area contributed by atoms with E-state index in [0.29, 0.717) is 10.0 Å². The summed E-state index contributed by atoms with van der Waals surface area (Å²) in [5.74, 6) is 0. The molecule has 0 aliphatic heterocycles. The molecule has 0 aliphatic rings. The van der Waals surface area contributed by atoms with Crippen molar-refractivity contribution < 1.29 is 0 Å². The van der Waals surface area contributed by atoms with Gasteiger partial charge in [0.15, 0.2) is 0 Å². The highest BCUT2D eigenvalue weighted by molar-refractivity contribution is 6.36. The Bertz CT molecular complexity index is 573. The maximum absolute atomic E-state index is 6.26. The van der Waals surface area contributed by atoms with Crippen molar-refractivity contribution in [2.45, 2.75) is 25.8 Å². The van der Waals surface area contributed by atoms with Gasteiger partial charge in [0, 0.05) is 34.9 Å². The lowest BCUT2D eigenvalue weighted by atomic mass is 9.98. The van der Waals surface area contributed by atoms with Crippen molar-refractivity contribution in [1.82, 2.24) is 15.1 Å². The van der Waals surface area contributed by atoms with Gasteiger partial charge in [-0.2, -0.15) is 5.10 Å². The fourth-order valence-corrected chi connectivity index (χ4v) is 2.97. The fraction of sp³-hybridized carbons (Fsp3) is 0.400. The smallest absolute Gasteiger partial charge is 0.0669 e. The van der Waals surface area contributed by atoms with Gasteiger partial charge in [-0.25, -0.2) is 0 Å². The summed E-state index contributed by atoms with van der Waals surface area (Å²) in [7, 11) is 3.89. The van der Waals surface area contributed by atoms with Crippen LogP contribution in [0.1, 0.15) is 29.8 Å². The molecule has 1 heterocycles. The average Bonchev–Trinajstić information content (AvgIpc) is 2.80. The van der Waals surface area contributed by atoms with Crippen molar-refractivity contribution >= 4 is 23.2 Å². The van der Waals surface area contributed by atoms with E-state index in [2.05, 4.69) is 23.5 Å². The fourth-order valence-electron chi connectivity index (χ4n) is 2.42. The van der Waals surface area contributed by atoms with Gasteiger partial charge in [0.2, 0.25) is 0 Å². The summed E-state index contributed by atoms with van der Waals surface area (Å²) < 4.78 is 1.85. The zero-order chi connectivity index (χ0) is 14.7.